The molecule has 2 unspecified atom stereocenters. The van der Waals surface area contributed by atoms with Gasteiger partial charge in [0.1, 0.15) is 0 Å². The third-order valence-electron chi connectivity index (χ3n) is 1.58. The van der Waals surface area contributed by atoms with Gasteiger partial charge in [-0.05, 0) is 6.92 Å². The van der Waals surface area contributed by atoms with Gasteiger partial charge in [0.15, 0.2) is 6.04 Å². The maximum Gasteiger partial charge on any atom is 0.331 e. The Hall–Kier alpha value is -1.10. The average molecular weight is 189 g/mol. The van der Waals surface area contributed by atoms with Crippen LogP contribution in [0, 0.1) is 0 Å². The maximum atomic E-state index is 11.0. The summed E-state index contributed by atoms with van der Waals surface area (Å²) in [6.07, 6.45) is -0.692. The van der Waals surface area contributed by atoms with Crippen molar-refractivity contribution in [1.29, 1.82) is 0 Å². The molecule has 76 valence electrons. The Labute approximate surface area is 77.1 Å². The molecule has 5 heteroatoms. The highest BCUT2D eigenvalue weighted by atomic mass is 16.5. The first-order valence-corrected chi connectivity index (χ1v) is 4.08. The average Bonchev–Trinajstić information content (AvgIpc) is 2.11. The van der Waals surface area contributed by atoms with E-state index in [2.05, 4.69) is 10.1 Å². The van der Waals surface area contributed by atoms with Gasteiger partial charge >= 0.3 is 5.97 Å². The van der Waals surface area contributed by atoms with Crippen molar-refractivity contribution in [3.63, 3.8) is 0 Å². The Morgan fingerprint density at radius 3 is 2.38 bits per heavy atom. The van der Waals surface area contributed by atoms with Gasteiger partial charge in [0.25, 0.3) is 0 Å². The maximum absolute atomic E-state index is 11.0. The van der Waals surface area contributed by atoms with E-state index in [9.17, 15) is 9.59 Å². The first-order valence-electron chi connectivity index (χ1n) is 4.08. The van der Waals surface area contributed by atoms with Crippen LogP contribution in [0.5, 0.6) is 0 Å². The third kappa shape index (κ3) is 3.89. The minimum Gasteiger partial charge on any atom is -0.467 e. The van der Waals surface area contributed by atoms with Crippen LogP contribution in [-0.4, -0.2) is 36.2 Å². The number of methoxy groups -OCH3 is 1. The fourth-order valence-electron chi connectivity index (χ4n) is 0.779. The van der Waals surface area contributed by atoms with Crippen LogP contribution in [0.3, 0.4) is 0 Å². The van der Waals surface area contributed by atoms with E-state index >= 15 is 0 Å². The Morgan fingerprint density at radius 2 is 2.08 bits per heavy atom. The molecule has 0 spiro atoms. The zero-order valence-electron chi connectivity index (χ0n) is 8.03. The van der Waals surface area contributed by atoms with Gasteiger partial charge in [-0.3, -0.25) is 4.79 Å². The molecule has 0 aromatic heterocycles. The van der Waals surface area contributed by atoms with Gasteiger partial charge in [0, 0.05) is 6.42 Å². The number of ether oxygens (including phenoxy) is 1. The van der Waals surface area contributed by atoms with Crippen molar-refractivity contribution in [3.8, 4) is 0 Å². The first-order chi connectivity index (χ1) is 6.02. The number of hydrogen-bond acceptors (Lipinski definition) is 4. The van der Waals surface area contributed by atoms with Gasteiger partial charge in [-0.2, -0.15) is 0 Å². The summed E-state index contributed by atoms with van der Waals surface area (Å²) in [5.74, 6) is -0.937. The van der Waals surface area contributed by atoms with Crippen molar-refractivity contribution in [2.45, 2.75) is 32.4 Å². The lowest BCUT2D eigenvalue weighted by atomic mass is 10.2. The molecule has 0 rings (SSSR count). The van der Waals surface area contributed by atoms with E-state index in [-0.39, 0.29) is 12.3 Å². The predicted octanol–water partition coefficient (Wildman–Crippen LogP) is -0.565. The number of carbonyl (C=O) groups excluding carboxylic acids is 2. The lowest BCUT2D eigenvalue weighted by molar-refractivity contribution is -0.148. The van der Waals surface area contributed by atoms with Crippen molar-refractivity contribution in [1.82, 2.24) is 5.32 Å². The van der Waals surface area contributed by atoms with E-state index in [4.69, 9.17) is 5.11 Å². The van der Waals surface area contributed by atoms with Gasteiger partial charge < -0.3 is 15.2 Å². The summed E-state index contributed by atoms with van der Waals surface area (Å²) in [6.45, 7) is 3.07. The van der Waals surface area contributed by atoms with Crippen molar-refractivity contribution >= 4 is 11.9 Å². The second kappa shape index (κ2) is 5.53. The Balaban J connectivity index is 4.26. The van der Waals surface area contributed by atoms with Gasteiger partial charge in [-0.1, -0.05) is 6.92 Å². The molecule has 0 aromatic rings. The minimum absolute atomic E-state index is 0.264. The number of carbonyl (C=O) groups is 2. The van der Waals surface area contributed by atoms with Crippen LogP contribution in [0.15, 0.2) is 0 Å². The van der Waals surface area contributed by atoms with Crippen LogP contribution >= 0.6 is 0 Å². The molecule has 0 aromatic carbocycles. The lowest BCUT2D eigenvalue weighted by Gasteiger charge is -2.18. The first kappa shape index (κ1) is 11.9. The molecule has 1 amide bonds. The molecule has 2 N–H and O–H groups in total. The summed E-state index contributed by atoms with van der Waals surface area (Å²) in [4.78, 5) is 21.9. The van der Waals surface area contributed by atoms with Crippen LogP contribution < -0.4 is 5.32 Å². The summed E-state index contributed by atoms with van der Waals surface area (Å²) in [5.41, 5.74) is 0. The molecule has 13 heavy (non-hydrogen) atoms. The summed E-state index contributed by atoms with van der Waals surface area (Å²) < 4.78 is 4.41. The Morgan fingerprint density at radius 1 is 1.54 bits per heavy atom. The van der Waals surface area contributed by atoms with Gasteiger partial charge in [-0.25, -0.2) is 4.79 Å². The number of rotatable bonds is 4. The Kier molecular flexibility index (Phi) is 5.06. The van der Waals surface area contributed by atoms with E-state index < -0.39 is 18.1 Å². The number of nitrogens with one attached hydrogen (secondary N) is 1. The monoisotopic (exact) mass is 189 g/mol. The zero-order chi connectivity index (χ0) is 10.4. The second-order valence-electron chi connectivity index (χ2n) is 2.66. The smallest absolute Gasteiger partial charge is 0.331 e. The fourth-order valence-corrected chi connectivity index (χ4v) is 0.779. The highest BCUT2D eigenvalue weighted by molar-refractivity contribution is 5.84. The summed E-state index contributed by atoms with van der Waals surface area (Å²) >= 11 is 0. The van der Waals surface area contributed by atoms with Gasteiger partial charge in [0.2, 0.25) is 5.91 Å². The van der Waals surface area contributed by atoms with E-state index in [0.717, 1.165) is 0 Å². The lowest BCUT2D eigenvalue weighted by Crippen LogP contribution is -2.48. The molecule has 0 aliphatic rings. The topological polar surface area (TPSA) is 75.6 Å². The minimum atomic E-state index is -0.975. The number of aliphatic hydroxyl groups excluding tert-OH is 1. The van der Waals surface area contributed by atoms with Gasteiger partial charge in [-0.15, -0.1) is 0 Å². The molecular weight excluding hydrogens is 174 g/mol. The molecule has 0 fully saturated rings. The molecule has 5 nitrogen and oxygen atoms in total. The molecule has 0 heterocycles. The molecule has 0 aliphatic carbocycles. The quantitative estimate of drug-likeness (QED) is 0.581. The number of hydrogen-bond donors (Lipinski definition) is 2. The Bertz CT molecular complexity index is 191. The standard InChI is InChI=1S/C8H15NO4/c1-4-6(11)9-7(5(2)10)8(12)13-3/h5,7,10H,4H2,1-3H3,(H,9,11). The van der Waals surface area contributed by atoms with E-state index in [1.807, 2.05) is 0 Å². The summed E-state index contributed by atoms with van der Waals surface area (Å²) in [6, 6.07) is -0.975. The van der Waals surface area contributed by atoms with Crippen LogP contribution in [-0.2, 0) is 14.3 Å². The highest BCUT2D eigenvalue weighted by Crippen LogP contribution is 1.96. The van der Waals surface area contributed by atoms with Gasteiger partial charge in [0.05, 0.1) is 13.2 Å². The molecule has 0 radical (unpaired) electrons. The normalized spacial score (nSPS) is 14.5. The third-order valence-corrected chi connectivity index (χ3v) is 1.58. The molecule has 0 saturated carbocycles. The van der Waals surface area contributed by atoms with Crippen molar-refractivity contribution in [2.24, 2.45) is 0 Å². The summed E-state index contributed by atoms with van der Waals surface area (Å²) in [5, 5.41) is 11.5. The largest absolute Gasteiger partial charge is 0.467 e. The van der Waals surface area contributed by atoms with Crippen LogP contribution in [0.25, 0.3) is 0 Å². The predicted molar refractivity (Wildman–Crippen MR) is 45.9 cm³/mol. The fraction of sp³-hybridized carbons (Fsp3) is 0.750. The van der Waals surface area contributed by atoms with E-state index in [1.165, 1.54) is 14.0 Å². The molecule has 0 saturated heterocycles. The second-order valence-corrected chi connectivity index (χ2v) is 2.66. The van der Waals surface area contributed by atoms with Crippen LogP contribution in [0.4, 0.5) is 0 Å². The molecule has 0 aliphatic heterocycles. The molecule has 2 atom stereocenters. The molecule has 0 bridgehead atoms. The zero-order valence-corrected chi connectivity index (χ0v) is 8.03. The van der Waals surface area contributed by atoms with Crippen molar-refractivity contribution in [2.75, 3.05) is 7.11 Å². The number of amides is 1. The SMILES string of the molecule is CCC(=O)NC(C(=O)OC)C(C)O. The van der Waals surface area contributed by atoms with E-state index in [1.54, 1.807) is 6.92 Å². The van der Waals surface area contributed by atoms with E-state index in [0.29, 0.717) is 0 Å². The van der Waals surface area contributed by atoms with Crippen molar-refractivity contribution < 1.29 is 19.4 Å². The summed E-state index contributed by atoms with van der Waals surface area (Å²) in [7, 11) is 1.20. The number of aliphatic hydroxyl groups is 1. The van der Waals surface area contributed by atoms with Crippen LogP contribution in [0.2, 0.25) is 0 Å². The van der Waals surface area contributed by atoms with Crippen molar-refractivity contribution in [3.05, 3.63) is 0 Å². The highest BCUT2D eigenvalue weighted by Gasteiger charge is 2.25. The number of esters is 1. The van der Waals surface area contributed by atoms with Crippen LogP contribution in [0.1, 0.15) is 20.3 Å². The molecular formula is C8H15NO4.